The predicted octanol–water partition coefficient (Wildman–Crippen LogP) is 12.7. The zero-order valence-electron chi connectivity index (χ0n) is 27.4. The van der Waals surface area contributed by atoms with Gasteiger partial charge in [0.15, 0.2) is 5.82 Å². The van der Waals surface area contributed by atoms with Crippen LogP contribution >= 0.6 is 23.1 Å². The van der Waals surface area contributed by atoms with Crippen molar-refractivity contribution in [3.8, 4) is 45.0 Å². The van der Waals surface area contributed by atoms with Crippen LogP contribution in [0.2, 0.25) is 0 Å². The summed E-state index contributed by atoms with van der Waals surface area (Å²) in [5.41, 5.74) is 12.8. The number of hydrogen-bond donors (Lipinski definition) is 0. The first-order valence-corrected chi connectivity index (χ1v) is 18.9. The molecular weight excluding hydrogens is 657 g/mol. The van der Waals surface area contributed by atoms with E-state index in [2.05, 4.69) is 146 Å². The standard InChI is InChI=1S/C47H28N2S2/c1-3-13-29(14-4-1)40-28-41(49-46(48-40)30-15-5-2-6-16-30)31-23-26-42-35(27-31)34-24-25-39-45(44(34)50-42)51-43-22-12-11-21-38(43)47(39)36-19-9-7-17-32(36)33-18-8-10-20-37(33)47/h1-28H. The largest absolute Gasteiger partial charge is 0.228 e. The number of thiophene rings is 1. The lowest BCUT2D eigenvalue weighted by Crippen LogP contribution is -2.31. The minimum absolute atomic E-state index is 0.372. The van der Waals surface area contributed by atoms with Crippen LogP contribution < -0.4 is 0 Å². The van der Waals surface area contributed by atoms with Gasteiger partial charge < -0.3 is 0 Å². The normalized spacial score (nSPS) is 13.6. The Morgan fingerprint density at radius 1 is 0.431 bits per heavy atom. The van der Waals surface area contributed by atoms with Gasteiger partial charge in [-0.05, 0) is 57.6 Å². The van der Waals surface area contributed by atoms with Gasteiger partial charge in [0, 0.05) is 46.7 Å². The summed E-state index contributed by atoms with van der Waals surface area (Å²) in [7, 11) is 0. The summed E-state index contributed by atoms with van der Waals surface area (Å²) in [4.78, 5) is 12.9. The average molecular weight is 685 g/mol. The molecule has 3 heterocycles. The van der Waals surface area contributed by atoms with Crippen LogP contribution in [-0.2, 0) is 5.41 Å². The van der Waals surface area contributed by atoms with Gasteiger partial charge in [-0.15, -0.1) is 11.3 Å². The molecule has 9 aromatic rings. The third-order valence-corrected chi connectivity index (χ3v) is 13.1. The van der Waals surface area contributed by atoms with E-state index < -0.39 is 0 Å². The smallest absolute Gasteiger partial charge is 0.160 e. The topological polar surface area (TPSA) is 25.8 Å². The molecule has 0 amide bonds. The summed E-state index contributed by atoms with van der Waals surface area (Å²) in [6.07, 6.45) is 0. The third-order valence-electron chi connectivity index (χ3n) is 10.6. The van der Waals surface area contributed by atoms with E-state index in [1.54, 1.807) is 0 Å². The van der Waals surface area contributed by atoms with Crippen molar-refractivity contribution in [3.05, 3.63) is 192 Å². The molecule has 0 bridgehead atoms. The molecule has 0 radical (unpaired) electrons. The number of rotatable bonds is 3. The summed E-state index contributed by atoms with van der Waals surface area (Å²) in [6.45, 7) is 0. The van der Waals surface area contributed by atoms with Gasteiger partial charge in [0.1, 0.15) is 0 Å². The number of aromatic nitrogens is 2. The lowest BCUT2D eigenvalue weighted by molar-refractivity contribution is 0.726. The highest BCUT2D eigenvalue weighted by atomic mass is 32.2. The first-order valence-electron chi connectivity index (χ1n) is 17.2. The summed E-state index contributed by atoms with van der Waals surface area (Å²) in [5, 5.41) is 2.55. The SMILES string of the molecule is c1ccc(-c2cc(-c3ccc4sc5c6c(ccc5c4c3)C3(c4ccccc4S6)c4ccccc4-c4ccccc43)nc(-c3ccccc3)n2)cc1. The van der Waals surface area contributed by atoms with Gasteiger partial charge in [-0.2, -0.15) is 0 Å². The highest BCUT2D eigenvalue weighted by Crippen LogP contribution is 2.63. The van der Waals surface area contributed by atoms with E-state index in [1.807, 2.05) is 47.4 Å². The van der Waals surface area contributed by atoms with Crippen LogP contribution in [-0.4, -0.2) is 9.97 Å². The minimum atomic E-state index is -0.372. The average Bonchev–Trinajstić information content (AvgIpc) is 3.73. The molecule has 1 spiro atoms. The Labute approximate surface area is 304 Å². The second kappa shape index (κ2) is 11.1. The van der Waals surface area contributed by atoms with Crippen LogP contribution in [0.1, 0.15) is 22.3 Å². The van der Waals surface area contributed by atoms with Crippen molar-refractivity contribution in [2.24, 2.45) is 0 Å². The summed E-state index contributed by atoms with van der Waals surface area (Å²) < 4.78 is 2.63. The Bertz CT molecular complexity index is 2730. The fraction of sp³-hybridized carbons (Fsp3) is 0.0213. The first-order chi connectivity index (χ1) is 25.3. The molecule has 1 aliphatic heterocycles. The Morgan fingerprint density at radius 2 is 1.04 bits per heavy atom. The number of nitrogens with zero attached hydrogens (tertiary/aromatic N) is 2. The quantitative estimate of drug-likeness (QED) is 0.185. The van der Waals surface area contributed by atoms with Gasteiger partial charge in [-0.3, -0.25) is 0 Å². The van der Waals surface area contributed by atoms with E-state index in [4.69, 9.17) is 9.97 Å². The lowest BCUT2D eigenvalue weighted by Gasteiger charge is -2.39. The zero-order chi connectivity index (χ0) is 33.5. The third kappa shape index (κ3) is 4.18. The van der Waals surface area contributed by atoms with Gasteiger partial charge in [0.05, 0.1) is 16.8 Å². The summed E-state index contributed by atoms with van der Waals surface area (Å²) in [6, 6.07) is 61.5. The van der Waals surface area contributed by atoms with Gasteiger partial charge in [0.25, 0.3) is 0 Å². The van der Waals surface area contributed by atoms with Crippen molar-refractivity contribution < 1.29 is 0 Å². The second-order valence-electron chi connectivity index (χ2n) is 13.3. The maximum absolute atomic E-state index is 5.14. The van der Waals surface area contributed by atoms with Gasteiger partial charge in [-0.25, -0.2) is 9.97 Å². The summed E-state index contributed by atoms with van der Waals surface area (Å²) in [5.74, 6) is 0.730. The highest BCUT2D eigenvalue weighted by molar-refractivity contribution is 8.00. The van der Waals surface area contributed by atoms with E-state index in [9.17, 15) is 0 Å². The van der Waals surface area contributed by atoms with E-state index in [1.165, 1.54) is 63.3 Å². The van der Waals surface area contributed by atoms with Gasteiger partial charge in [-0.1, -0.05) is 157 Å². The number of fused-ring (bicyclic) bond motifs is 13. The Balaban J connectivity index is 1.14. The molecule has 0 atom stereocenters. The molecular formula is C47H28N2S2. The van der Waals surface area contributed by atoms with Crippen molar-refractivity contribution in [3.63, 3.8) is 0 Å². The van der Waals surface area contributed by atoms with Crippen LogP contribution in [0.25, 0.3) is 65.2 Å². The molecule has 11 rings (SSSR count). The van der Waals surface area contributed by atoms with E-state index in [0.717, 1.165) is 33.9 Å². The van der Waals surface area contributed by atoms with E-state index >= 15 is 0 Å². The maximum atomic E-state index is 5.14. The van der Waals surface area contributed by atoms with Crippen LogP contribution in [0.15, 0.2) is 180 Å². The molecule has 7 aromatic carbocycles. The van der Waals surface area contributed by atoms with Crippen LogP contribution in [0, 0.1) is 0 Å². The molecule has 0 saturated carbocycles. The predicted molar refractivity (Wildman–Crippen MR) is 213 cm³/mol. The van der Waals surface area contributed by atoms with E-state index in [-0.39, 0.29) is 5.41 Å². The molecule has 4 heteroatoms. The zero-order valence-corrected chi connectivity index (χ0v) is 29.0. The second-order valence-corrected chi connectivity index (χ2v) is 15.4. The lowest BCUT2D eigenvalue weighted by atomic mass is 9.67. The van der Waals surface area contributed by atoms with Crippen LogP contribution in [0.3, 0.4) is 0 Å². The minimum Gasteiger partial charge on any atom is -0.228 e. The van der Waals surface area contributed by atoms with Crippen molar-refractivity contribution in [1.29, 1.82) is 0 Å². The molecule has 2 aliphatic rings. The van der Waals surface area contributed by atoms with Crippen molar-refractivity contribution >= 4 is 43.3 Å². The Hall–Kier alpha value is -5.81. The van der Waals surface area contributed by atoms with Crippen molar-refractivity contribution in [1.82, 2.24) is 9.97 Å². The Kier molecular flexibility index (Phi) is 6.30. The van der Waals surface area contributed by atoms with Gasteiger partial charge >= 0.3 is 0 Å². The van der Waals surface area contributed by atoms with Crippen molar-refractivity contribution in [2.45, 2.75) is 15.2 Å². The van der Waals surface area contributed by atoms with Gasteiger partial charge in [0.2, 0.25) is 0 Å². The number of hydrogen-bond acceptors (Lipinski definition) is 4. The fourth-order valence-corrected chi connectivity index (χ4v) is 11.0. The molecule has 1 aliphatic carbocycles. The molecule has 51 heavy (non-hydrogen) atoms. The fourth-order valence-electron chi connectivity index (χ4n) is 8.38. The Morgan fingerprint density at radius 3 is 1.76 bits per heavy atom. The molecule has 238 valence electrons. The molecule has 0 N–H and O–H groups in total. The molecule has 0 unspecified atom stereocenters. The molecule has 0 fully saturated rings. The number of benzene rings is 7. The first kappa shape index (κ1) is 29.0. The monoisotopic (exact) mass is 684 g/mol. The van der Waals surface area contributed by atoms with Crippen molar-refractivity contribution in [2.75, 3.05) is 0 Å². The maximum Gasteiger partial charge on any atom is 0.160 e. The highest BCUT2D eigenvalue weighted by Gasteiger charge is 2.50. The van der Waals surface area contributed by atoms with Crippen LogP contribution in [0.4, 0.5) is 0 Å². The van der Waals surface area contributed by atoms with Crippen LogP contribution in [0.5, 0.6) is 0 Å². The molecule has 2 aromatic heterocycles. The molecule has 2 nitrogen and oxygen atoms in total. The molecule has 0 saturated heterocycles. The van der Waals surface area contributed by atoms with E-state index in [0.29, 0.717) is 0 Å². The summed E-state index contributed by atoms with van der Waals surface area (Å²) >= 11 is 3.83.